The molecule has 9 nitrogen and oxygen atoms in total. The summed E-state index contributed by atoms with van der Waals surface area (Å²) in [6.45, 7) is 6.85. The molecular weight excluding hydrogens is 570 g/mol. The van der Waals surface area contributed by atoms with Gasteiger partial charge in [0.05, 0.1) is 11.9 Å². The monoisotopic (exact) mass is 623 g/mol. The number of hydrogen-bond donors (Lipinski definition) is 2. The van der Waals surface area contributed by atoms with Gasteiger partial charge in [-0.05, 0) is 111 Å². The molecule has 5 aliphatic carbocycles. The fraction of sp³-hybridized carbons (Fsp3) is 0.806. The lowest BCUT2D eigenvalue weighted by molar-refractivity contribution is -0.205. The van der Waals surface area contributed by atoms with Crippen molar-refractivity contribution in [1.29, 1.82) is 0 Å². The van der Waals surface area contributed by atoms with Gasteiger partial charge in [-0.15, -0.1) is 0 Å². The molecule has 6 aliphatic rings. The fourth-order valence-corrected chi connectivity index (χ4v) is 11.2. The van der Waals surface area contributed by atoms with Crippen LogP contribution < -0.4 is 10.9 Å². The number of ether oxygens (including phenoxy) is 1. The summed E-state index contributed by atoms with van der Waals surface area (Å²) in [4.78, 5) is 41.2. The van der Waals surface area contributed by atoms with E-state index in [9.17, 15) is 19.5 Å². The van der Waals surface area contributed by atoms with Crippen LogP contribution in [0.3, 0.4) is 0 Å². The summed E-state index contributed by atoms with van der Waals surface area (Å²) in [6, 6.07) is 3.70. The summed E-state index contributed by atoms with van der Waals surface area (Å²) >= 11 is 0. The summed E-state index contributed by atoms with van der Waals surface area (Å²) in [7, 11) is 0. The highest BCUT2D eigenvalue weighted by Crippen LogP contribution is 2.70. The first-order valence-electron chi connectivity index (χ1n) is 17.9. The van der Waals surface area contributed by atoms with Crippen molar-refractivity contribution in [3.05, 3.63) is 34.4 Å². The standard InChI is InChI=1S/C36H53N3O6/c1-34-15-12-27(45-33(42)39-20-18-38(19-21-39)32(41)37-26-6-4-3-5-7-26)22-25(34)9-10-30-29(34)13-16-35(2)28(14-17-36(30,35)43)24-8-11-31(40)44-23-24/h8,11,23,25-30,43H,3-7,9-10,12-22H2,1-2H3,(H,37,41). The molecule has 0 radical (unpaired) electrons. The van der Waals surface area contributed by atoms with E-state index >= 15 is 0 Å². The second kappa shape index (κ2) is 11.9. The third-order valence-corrected chi connectivity index (χ3v) is 14.0. The molecule has 1 aromatic heterocycles. The van der Waals surface area contributed by atoms with Gasteiger partial charge in [0.15, 0.2) is 0 Å². The first kappa shape index (κ1) is 31.1. The van der Waals surface area contributed by atoms with Gasteiger partial charge >= 0.3 is 17.7 Å². The van der Waals surface area contributed by atoms with Crippen LogP contribution in [-0.2, 0) is 4.74 Å². The number of amides is 3. The number of carbonyl (C=O) groups excluding carboxylic acids is 2. The Bertz CT molecular complexity index is 1300. The molecule has 0 aromatic carbocycles. The number of nitrogens with one attached hydrogen (secondary N) is 1. The smallest absolute Gasteiger partial charge is 0.410 e. The molecule has 248 valence electrons. The highest BCUT2D eigenvalue weighted by molar-refractivity contribution is 5.75. The van der Waals surface area contributed by atoms with Crippen LogP contribution in [0.15, 0.2) is 27.6 Å². The van der Waals surface area contributed by atoms with Crippen LogP contribution >= 0.6 is 0 Å². The SMILES string of the molecule is CC12CCC(OC(=O)N3CCN(C(=O)NC4CCCCC4)CC3)CC1CCC1C2CCC2(C)C(c3ccc(=O)oc3)CCC12O. The van der Waals surface area contributed by atoms with E-state index in [-0.39, 0.29) is 52.6 Å². The third kappa shape index (κ3) is 5.39. The van der Waals surface area contributed by atoms with E-state index < -0.39 is 5.60 Å². The van der Waals surface area contributed by atoms with E-state index in [0.717, 1.165) is 76.2 Å². The average Bonchev–Trinajstić information content (AvgIpc) is 3.33. The number of fused-ring (bicyclic) bond motifs is 5. The topological polar surface area (TPSA) is 112 Å². The molecule has 1 aliphatic heterocycles. The van der Waals surface area contributed by atoms with Gasteiger partial charge in [-0.3, -0.25) is 0 Å². The van der Waals surface area contributed by atoms with Gasteiger partial charge < -0.3 is 29.4 Å². The zero-order chi connectivity index (χ0) is 31.4. The largest absolute Gasteiger partial charge is 0.446 e. The molecule has 9 heteroatoms. The number of piperazine rings is 1. The third-order valence-electron chi connectivity index (χ3n) is 14.0. The molecule has 45 heavy (non-hydrogen) atoms. The molecule has 0 spiro atoms. The fourth-order valence-electron chi connectivity index (χ4n) is 11.2. The van der Waals surface area contributed by atoms with E-state index in [0.29, 0.717) is 38.0 Å². The Labute approximate surface area is 267 Å². The van der Waals surface area contributed by atoms with E-state index in [1.807, 2.05) is 11.0 Å². The van der Waals surface area contributed by atoms with Crippen LogP contribution in [0.2, 0.25) is 0 Å². The summed E-state index contributed by atoms with van der Waals surface area (Å²) in [6.07, 6.45) is 15.7. The maximum absolute atomic E-state index is 13.2. The molecule has 3 amide bonds. The van der Waals surface area contributed by atoms with Crippen molar-refractivity contribution in [2.75, 3.05) is 26.2 Å². The molecule has 8 atom stereocenters. The molecule has 1 aromatic rings. The number of nitrogens with zero attached hydrogens (tertiary/aromatic N) is 2. The predicted octanol–water partition coefficient (Wildman–Crippen LogP) is 6.05. The Morgan fingerprint density at radius 1 is 0.889 bits per heavy atom. The average molecular weight is 624 g/mol. The first-order chi connectivity index (χ1) is 21.6. The van der Waals surface area contributed by atoms with Gasteiger partial charge in [0.1, 0.15) is 6.10 Å². The molecule has 7 rings (SSSR count). The number of hydrogen-bond acceptors (Lipinski definition) is 6. The zero-order valence-electron chi connectivity index (χ0n) is 27.3. The van der Waals surface area contributed by atoms with Crippen LogP contribution in [-0.4, -0.2) is 71.0 Å². The van der Waals surface area contributed by atoms with E-state index in [2.05, 4.69) is 19.2 Å². The van der Waals surface area contributed by atoms with E-state index in [1.54, 1.807) is 11.2 Å². The van der Waals surface area contributed by atoms with Crippen molar-refractivity contribution in [1.82, 2.24) is 15.1 Å². The molecule has 5 saturated carbocycles. The quantitative estimate of drug-likeness (QED) is 0.424. The van der Waals surface area contributed by atoms with Gasteiger partial charge in [-0.1, -0.05) is 33.1 Å². The van der Waals surface area contributed by atoms with Crippen LogP contribution in [0.4, 0.5) is 9.59 Å². The molecular formula is C36H53N3O6. The molecule has 1 saturated heterocycles. The van der Waals surface area contributed by atoms with Gasteiger partial charge in [-0.2, -0.15) is 0 Å². The molecule has 0 bridgehead atoms. The van der Waals surface area contributed by atoms with Crippen LogP contribution in [0, 0.1) is 28.6 Å². The van der Waals surface area contributed by atoms with E-state index in [1.165, 1.54) is 25.3 Å². The maximum atomic E-state index is 13.2. The number of aliphatic hydroxyl groups is 1. The second-order valence-corrected chi connectivity index (χ2v) is 15.9. The van der Waals surface area contributed by atoms with Crippen molar-refractivity contribution < 1.29 is 23.8 Å². The van der Waals surface area contributed by atoms with Crippen LogP contribution in [0.25, 0.3) is 0 Å². The molecule has 6 fully saturated rings. The Hall–Kier alpha value is -2.55. The summed E-state index contributed by atoms with van der Waals surface area (Å²) in [5.74, 6) is 1.41. The minimum atomic E-state index is -0.719. The minimum Gasteiger partial charge on any atom is -0.446 e. The zero-order valence-corrected chi connectivity index (χ0v) is 27.3. The summed E-state index contributed by atoms with van der Waals surface area (Å²) < 4.78 is 11.4. The molecule has 8 unspecified atom stereocenters. The second-order valence-electron chi connectivity index (χ2n) is 15.9. The Balaban J connectivity index is 0.937. The lowest BCUT2D eigenvalue weighted by Gasteiger charge is -2.63. The molecule has 2 heterocycles. The normalized spacial score (nSPS) is 40.2. The van der Waals surface area contributed by atoms with Crippen molar-refractivity contribution in [3.63, 3.8) is 0 Å². The van der Waals surface area contributed by atoms with Gasteiger partial charge in [0, 0.05) is 43.7 Å². The van der Waals surface area contributed by atoms with E-state index in [4.69, 9.17) is 9.15 Å². The van der Waals surface area contributed by atoms with Crippen molar-refractivity contribution in [2.24, 2.45) is 28.6 Å². The predicted molar refractivity (Wildman–Crippen MR) is 170 cm³/mol. The van der Waals surface area contributed by atoms with Gasteiger partial charge in [-0.25, -0.2) is 14.4 Å². The number of carbonyl (C=O) groups is 2. The lowest BCUT2D eigenvalue weighted by atomic mass is 9.43. The Kier molecular flexibility index (Phi) is 8.23. The first-order valence-corrected chi connectivity index (χ1v) is 17.9. The van der Waals surface area contributed by atoms with Crippen molar-refractivity contribution in [2.45, 2.75) is 127 Å². The highest BCUT2D eigenvalue weighted by atomic mass is 16.6. The number of urea groups is 1. The molecule has 2 N–H and O–H groups in total. The van der Waals surface area contributed by atoms with Gasteiger partial charge in [0.2, 0.25) is 0 Å². The van der Waals surface area contributed by atoms with Crippen LogP contribution in [0.5, 0.6) is 0 Å². The minimum absolute atomic E-state index is 0.00585. The summed E-state index contributed by atoms with van der Waals surface area (Å²) in [5, 5.41) is 15.7. The highest BCUT2D eigenvalue weighted by Gasteiger charge is 2.67. The maximum Gasteiger partial charge on any atom is 0.410 e. The Morgan fingerprint density at radius 2 is 1.64 bits per heavy atom. The lowest BCUT2D eigenvalue weighted by Crippen LogP contribution is -2.62. The van der Waals surface area contributed by atoms with Crippen molar-refractivity contribution >= 4 is 12.1 Å². The van der Waals surface area contributed by atoms with Crippen LogP contribution in [0.1, 0.15) is 115 Å². The Morgan fingerprint density at radius 3 is 2.38 bits per heavy atom. The number of rotatable bonds is 3. The van der Waals surface area contributed by atoms with Gasteiger partial charge in [0.25, 0.3) is 0 Å². The van der Waals surface area contributed by atoms with Crippen molar-refractivity contribution in [3.8, 4) is 0 Å². The summed E-state index contributed by atoms with van der Waals surface area (Å²) in [5.41, 5.74) is -0.103.